The van der Waals surface area contributed by atoms with Gasteiger partial charge in [0.15, 0.2) is 15.7 Å². The Hall–Kier alpha value is -1.64. The maximum atomic E-state index is 11.9. The monoisotopic (exact) mass is 358 g/mol. The van der Waals surface area contributed by atoms with Gasteiger partial charge in [0.25, 0.3) is 0 Å². The number of carbonyl (C=O) groups excluding carboxylic acids is 1. The molecule has 1 fully saturated rings. The third-order valence-corrected chi connectivity index (χ3v) is 5.25. The summed E-state index contributed by atoms with van der Waals surface area (Å²) in [7, 11) is -3.24. The van der Waals surface area contributed by atoms with Gasteiger partial charge < -0.3 is 9.84 Å². The lowest BCUT2D eigenvalue weighted by molar-refractivity contribution is 0.216. The van der Waals surface area contributed by atoms with E-state index in [2.05, 4.69) is 34.6 Å². The van der Waals surface area contributed by atoms with E-state index in [0.717, 1.165) is 30.9 Å². The average molecular weight is 358 g/mol. The lowest BCUT2D eigenvalue weighted by Crippen LogP contribution is -2.34. The number of hydrogen-bond donors (Lipinski definition) is 2. The van der Waals surface area contributed by atoms with E-state index in [4.69, 9.17) is 4.52 Å². The summed E-state index contributed by atoms with van der Waals surface area (Å²) < 4.78 is 27.1. The van der Waals surface area contributed by atoms with E-state index >= 15 is 0 Å². The lowest BCUT2D eigenvalue weighted by atomic mass is 9.77. The summed E-state index contributed by atoms with van der Waals surface area (Å²) >= 11 is 0. The molecule has 0 spiro atoms. The van der Waals surface area contributed by atoms with Gasteiger partial charge in [0.05, 0.1) is 0 Å². The van der Waals surface area contributed by atoms with Crippen molar-refractivity contribution in [3.05, 3.63) is 5.82 Å². The Labute approximate surface area is 142 Å². The molecular formula is C15H26N4O4S. The Morgan fingerprint density at radius 3 is 2.54 bits per heavy atom. The van der Waals surface area contributed by atoms with Crippen LogP contribution in [0.4, 0.5) is 10.8 Å². The maximum absolute atomic E-state index is 11.9. The highest BCUT2D eigenvalue weighted by Gasteiger charge is 2.23. The number of carbonyl (C=O) groups is 1. The van der Waals surface area contributed by atoms with Crippen molar-refractivity contribution >= 4 is 21.9 Å². The van der Waals surface area contributed by atoms with Gasteiger partial charge in [-0.05, 0) is 43.4 Å². The molecule has 2 rings (SSSR count). The molecule has 0 atom stereocenters. The van der Waals surface area contributed by atoms with E-state index in [0.29, 0.717) is 12.5 Å². The molecule has 1 aromatic rings. The second-order valence-electron chi connectivity index (χ2n) is 6.95. The van der Waals surface area contributed by atoms with Gasteiger partial charge in [0.2, 0.25) is 0 Å². The van der Waals surface area contributed by atoms with Crippen LogP contribution in [0.25, 0.3) is 0 Å². The number of urea groups is 1. The molecule has 1 saturated carbocycles. The fourth-order valence-electron chi connectivity index (χ4n) is 3.04. The highest BCUT2D eigenvalue weighted by atomic mass is 32.2. The predicted octanol–water partition coefficient (Wildman–Crippen LogP) is 2.20. The van der Waals surface area contributed by atoms with Crippen LogP contribution in [0.1, 0.15) is 45.4 Å². The van der Waals surface area contributed by atoms with Crippen molar-refractivity contribution in [1.82, 2.24) is 15.5 Å². The van der Waals surface area contributed by atoms with Crippen LogP contribution in [0.3, 0.4) is 0 Å². The largest absolute Gasteiger partial charge is 0.337 e. The van der Waals surface area contributed by atoms with Gasteiger partial charge in [0, 0.05) is 12.8 Å². The van der Waals surface area contributed by atoms with Gasteiger partial charge in [0.1, 0.15) is 5.75 Å². The van der Waals surface area contributed by atoms with Crippen molar-refractivity contribution < 1.29 is 17.7 Å². The minimum Gasteiger partial charge on any atom is -0.337 e. The summed E-state index contributed by atoms with van der Waals surface area (Å²) in [6.45, 7) is 5.14. The molecule has 0 bridgehead atoms. The fraction of sp³-hybridized carbons (Fsp3) is 0.800. The zero-order chi connectivity index (χ0) is 17.7. The third kappa shape index (κ3) is 6.10. The number of aromatic nitrogens is 2. The Morgan fingerprint density at radius 2 is 1.96 bits per heavy atom. The number of amides is 2. The van der Waals surface area contributed by atoms with Gasteiger partial charge in [-0.25, -0.2) is 13.2 Å². The van der Waals surface area contributed by atoms with Crippen LogP contribution < -0.4 is 10.6 Å². The van der Waals surface area contributed by atoms with Crippen molar-refractivity contribution in [3.8, 4) is 0 Å². The SMILES string of the molecule is CC(C)C1CCC(CNC(=O)Nc2nc(CS(C)(=O)=O)no2)CC1. The lowest BCUT2D eigenvalue weighted by Gasteiger charge is -2.30. The molecule has 24 heavy (non-hydrogen) atoms. The molecule has 136 valence electrons. The molecular weight excluding hydrogens is 332 g/mol. The summed E-state index contributed by atoms with van der Waals surface area (Å²) in [6, 6.07) is -0.523. The van der Waals surface area contributed by atoms with E-state index in [1.54, 1.807) is 0 Å². The molecule has 2 amide bonds. The molecule has 0 aromatic carbocycles. The van der Waals surface area contributed by atoms with Gasteiger partial charge in [-0.15, -0.1) is 0 Å². The summed E-state index contributed by atoms with van der Waals surface area (Å²) in [4.78, 5) is 15.7. The van der Waals surface area contributed by atoms with Crippen LogP contribution in [-0.2, 0) is 15.6 Å². The molecule has 0 unspecified atom stereocenters. The van der Waals surface area contributed by atoms with E-state index in [1.807, 2.05) is 0 Å². The number of nitrogens with one attached hydrogen (secondary N) is 2. The number of sulfone groups is 1. The first kappa shape index (κ1) is 18.7. The number of nitrogens with zero attached hydrogens (tertiary/aromatic N) is 2. The van der Waals surface area contributed by atoms with Gasteiger partial charge >= 0.3 is 12.0 Å². The number of rotatable bonds is 6. The quantitative estimate of drug-likeness (QED) is 0.806. The number of anilines is 1. The molecule has 2 N–H and O–H groups in total. The van der Waals surface area contributed by atoms with Crippen LogP contribution in [0, 0.1) is 17.8 Å². The first-order valence-electron chi connectivity index (χ1n) is 8.28. The zero-order valence-corrected chi connectivity index (χ0v) is 15.2. The van der Waals surface area contributed by atoms with Crippen molar-refractivity contribution in [1.29, 1.82) is 0 Å². The molecule has 9 heteroatoms. The molecule has 1 aromatic heterocycles. The van der Waals surface area contributed by atoms with Crippen LogP contribution in [0.2, 0.25) is 0 Å². The van der Waals surface area contributed by atoms with E-state index in [-0.39, 0.29) is 17.6 Å². The van der Waals surface area contributed by atoms with Gasteiger partial charge in [-0.3, -0.25) is 5.32 Å². The maximum Gasteiger partial charge on any atom is 0.329 e. The Bertz CT molecular complexity index is 648. The Kier molecular flexibility index (Phi) is 6.20. The second-order valence-corrected chi connectivity index (χ2v) is 9.09. The smallest absolute Gasteiger partial charge is 0.329 e. The topological polar surface area (TPSA) is 114 Å². The van der Waals surface area contributed by atoms with Crippen LogP contribution in [0.15, 0.2) is 4.52 Å². The minimum atomic E-state index is -3.24. The predicted molar refractivity (Wildman–Crippen MR) is 90.2 cm³/mol. The molecule has 0 aliphatic heterocycles. The zero-order valence-electron chi connectivity index (χ0n) is 14.4. The third-order valence-electron chi connectivity index (χ3n) is 4.47. The molecule has 8 nitrogen and oxygen atoms in total. The highest BCUT2D eigenvalue weighted by molar-refractivity contribution is 7.89. The van der Waals surface area contributed by atoms with E-state index in [9.17, 15) is 13.2 Å². The summed E-state index contributed by atoms with van der Waals surface area (Å²) in [5, 5.41) is 8.76. The van der Waals surface area contributed by atoms with Crippen molar-refractivity contribution in [3.63, 3.8) is 0 Å². The first-order chi connectivity index (χ1) is 11.2. The average Bonchev–Trinajstić information content (AvgIpc) is 2.90. The van der Waals surface area contributed by atoms with Crippen LogP contribution in [-0.4, -0.2) is 37.4 Å². The van der Waals surface area contributed by atoms with Crippen LogP contribution >= 0.6 is 0 Å². The number of hydrogen-bond acceptors (Lipinski definition) is 6. The van der Waals surface area contributed by atoms with Crippen molar-refractivity contribution in [2.45, 2.75) is 45.3 Å². The van der Waals surface area contributed by atoms with Crippen molar-refractivity contribution in [2.24, 2.45) is 17.8 Å². The van der Waals surface area contributed by atoms with Gasteiger partial charge in [-0.2, -0.15) is 4.98 Å². The van der Waals surface area contributed by atoms with Crippen LogP contribution in [0.5, 0.6) is 0 Å². The molecule has 1 aliphatic carbocycles. The van der Waals surface area contributed by atoms with Gasteiger partial charge in [-0.1, -0.05) is 19.0 Å². The molecule has 0 saturated heterocycles. The normalized spacial score (nSPS) is 21.7. The summed E-state index contributed by atoms with van der Waals surface area (Å²) in [5.41, 5.74) is 0. The second kappa shape index (κ2) is 7.96. The Morgan fingerprint density at radius 1 is 1.29 bits per heavy atom. The standard InChI is InChI=1S/C15H26N4O4S/c1-10(2)12-6-4-11(5-7-12)8-16-14(20)18-15-17-13(19-23-15)9-24(3,21)22/h10-12H,4-9H2,1-3H3,(H2,16,17,18,19,20). The first-order valence-corrected chi connectivity index (χ1v) is 10.3. The summed E-state index contributed by atoms with van der Waals surface area (Å²) in [5.74, 6) is 1.72. The molecule has 1 heterocycles. The molecule has 0 radical (unpaired) electrons. The summed E-state index contributed by atoms with van der Waals surface area (Å²) in [6.07, 6.45) is 5.76. The fourth-order valence-corrected chi connectivity index (χ4v) is 3.62. The minimum absolute atomic E-state index is 0.0276. The van der Waals surface area contributed by atoms with Crippen molar-refractivity contribution in [2.75, 3.05) is 18.1 Å². The van der Waals surface area contributed by atoms with E-state index in [1.165, 1.54) is 12.8 Å². The molecule has 1 aliphatic rings. The highest BCUT2D eigenvalue weighted by Crippen LogP contribution is 2.32. The van der Waals surface area contributed by atoms with E-state index < -0.39 is 15.9 Å². The Balaban J connectivity index is 1.72.